The van der Waals surface area contributed by atoms with Crippen molar-refractivity contribution in [3.63, 3.8) is 0 Å². The molecule has 1 aromatic rings. The molecule has 4 nitrogen and oxygen atoms in total. The Labute approximate surface area is 152 Å². The molecule has 140 valence electrons. The van der Waals surface area contributed by atoms with E-state index in [9.17, 15) is 4.79 Å². The quantitative estimate of drug-likeness (QED) is 0.786. The summed E-state index contributed by atoms with van der Waals surface area (Å²) in [4.78, 5) is 14.7. The first-order chi connectivity index (χ1) is 11.9. The molecule has 1 aliphatic rings. The highest BCUT2D eigenvalue weighted by Crippen LogP contribution is 2.41. The number of rotatable bonds is 8. The molecule has 1 fully saturated rings. The number of nitrogens with zero attached hydrogens (tertiary/aromatic N) is 1. The molecule has 0 aliphatic carbocycles. The standard InChI is InChI=1S/C21H34N2O2/c1-17(2)19-15-21(10-13-25-19,14-18-8-6-5-7-9-18)16-20(24)22-11-12-23(3)4/h5-9,17,19H,10-16H2,1-4H3,(H,22,24)/t19-,21+/m0/s1. The van der Waals surface area contributed by atoms with Crippen molar-refractivity contribution in [2.75, 3.05) is 33.8 Å². The SMILES string of the molecule is CC(C)[C@@H]1C[C@](CC(=O)NCCN(C)C)(Cc2ccccc2)CCO1. The third-order valence-corrected chi connectivity index (χ3v) is 5.18. The average Bonchev–Trinajstić information content (AvgIpc) is 2.55. The summed E-state index contributed by atoms with van der Waals surface area (Å²) < 4.78 is 5.99. The van der Waals surface area contributed by atoms with Gasteiger partial charge >= 0.3 is 0 Å². The van der Waals surface area contributed by atoms with Gasteiger partial charge in [0.2, 0.25) is 5.91 Å². The number of benzene rings is 1. The first-order valence-electron chi connectivity index (χ1n) is 9.47. The van der Waals surface area contributed by atoms with Gasteiger partial charge in [0.15, 0.2) is 0 Å². The van der Waals surface area contributed by atoms with Crippen LogP contribution >= 0.6 is 0 Å². The number of nitrogens with one attached hydrogen (secondary N) is 1. The summed E-state index contributed by atoms with van der Waals surface area (Å²) in [6.45, 7) is 6.74. The lowest BCUT2D eigenvalue weighted by Crippen LogP contribution is -2.43. The molecule has 0 unspecified atom stereocenters. The normalized spacial score (nSPS) is 23.8. The molecule has 25 heavy (non-hydrogen) atoms. The van der Waals surface area contributed by atoms with Crippen LogP contribution in [0.1, 0.15) is 38.7 Å². The zero-order chi connectivity index (χ0) is 18.3. The fourth-order valence-electron chi connectivity index (χ4n) is 3.68. The molecule has 1 amide bonds. The molecule has 0 bridgehead atoms. The topological polar surface area (TPSA) is 41.6 Å². The van der Waals surface area contributed by atoms with Crippen LogP contribution in [0.3, 0.4) is 0 Å². The summed E-state index contributed by atoms with van der Waals surface area (Å²) >= 11 is 0. The van der Waals surface area contributed by atoms with Crippen molar-refractivity contribution < 1.29 is 9.53 Å². The minimum atomic E-state index is -0.00323. The Hall–Kier alpha value is -1.39. The van der Waals surface area contributed by atoms with Crippen LogP contribution in [-0.4, -0.2) is 50.7 Å². The molecule has 0 aromatic heterocycles. The molecule has 0 radical (unpaired) electrons. The van der Waals surface area contributed by atoms with E-state index in [1.54, 1.807) is 0 Å². The zero-order valence-corrected chi connectivity index (χ0v) is 16.3. The second kappa shape index (κ2) is 9.35. The van der Waals surface area contributed by atoms with Crippen molar-refractivity contribution in [1.29, 1.82) is 0 Å². The van der Waals surface area contributed by atoms with Crippen molar-refractivity contribution in [3.8, 4) is 0 Å². The number of ether oxygens (including phenoxy) is 1. The lowest BCUT2D eigenvalue weighted by molar-refractivity contribution is -0.128. The maximum atomic E-state index is 12.6. The van der Waals surface area contributed by atoms with Crippen LogP contribution in [-0.2, 0) is 16.0 Å². The number of hydrogen-bond acceptors (Lipinski definition) is 3. The number of carbonyl (C=O) groups excluding carboxylic acids is 1. The third kappa shape index (κ3) is 6.44. The van der Waals surface area contributed by atoms with Gasteiger partial charge in [-0.2, -0.15) is 0 Å². The van der Waals surface area contributed by atoms with Crippen LogP contribution in [0.4, 0.5) is 0 Å². The third-order valence-electron chi connectivity index (χ3n) is 5.18. The van der Waals surface area contributed by atoms with Gasteiger partial charge in [0.05, 0.1) is 6.10 Å². The zero-order valence-electron chi connectivity index (χ0n) is 16.3. The van der Waals surface area contributed by atoms with Crippen molar-refractivity contribution in [3.05, 3.63) is 35.9 Å². The van der Waals surface area contributed by atoms with Crippen LogP contribution in [0.5, 0.6) is 0 Å². The van der Waals surface area contributed by atoms with Crippen molar-refractivity contribution in [2.45, 2.75) is 45.6 Å². The van der Waals surface area contributed by atoms with E-state index in [-0.39, 0.29) is 17.4 Å². The Balaban J connectivity index is 2.07. The Morgan fingerprint density at radius 3 is 2.68 bits per heavy atom. The Morgan fingerprint density at radius 2 is 2.04 bits per heavy atom. The highest BCUT2D eigenvalue weighted by molar-refractivity contribution is 5.76. The lowest BCUT2D eigenvalue weighted by Gasteiger charge is -2.42. The van der Waals surface area contributed by atoms with E-state index >= 15 is 0 Å². The molecule has 0 spiro atoms. The van der Waals surface area contributed by atoms with E-state index < -0.39 is 0 Å². The molecular formula is C21H34N2O2. The Bertz CT molecular complexity index is 530. The lowest BCUT2D eigenvalue weighted by atomic mass is 9.69. The first kappa shape index (κ1) is 19.9. The minimum absolute atomic E-state index is 0.00323. The van der Waals surface area contributed by atoms with Gasteiger partial charge in [0, 0.05) is 26.1 Å². The Morgan fingerprint density at radius 1 is 1.32 bits per heavy atom. The van der Waals surface area contributed by atoms with Gasteiger partial charge in [-0.25, -0.2) is 0 Å². The predicted molar refractivity (Wildman–Crippen MR) is 103 cm³/mol. The van der Waals surface area contributed by atoms with E-state index in [1.807, 2.05) is 20.2 Å². The van der Waals surface area contributed by atoms with Crippen molar-refractivity contribution >= 4 is 5.91 Å². The van der Waals surface area contributed by atoms with E-state index in [4.69, 9.17) is 4.74 Å². The molecule has 1 N–H and O–H groups in total. The molecule has 0 saturated carbocycles. The second-order valence-corrected chi connectivity index (χ2v) is 8.10. The number of hydrogen-bond donors (Lipinski definition) is 1. The van der Waals surface area contributed by atoms with Crippen LogP contribution in [0.2, 0.25) is 0 Å². The smallest absolute Gasteiger partial charge is 0.220 e. The summed E-state index contributed by atoms with van der Waals surface area (Å²) in [5, 5.41) is 3.09. The monoisotopic (exact) mass is 346 g/mol. The maximum Gasteiger partial charge on any atom is 0.220 e. The van der Waals surface area contributed by atoms with Crippen LogP contribution < -0.4 is 5.32 Å². The van der Waals surface area contributed by atoms with Crippen LogP contribution in [0, 0.1) is 11.3 Å². The van der Waals surface area contributed by atoms with Gasteiger partial charge in [-0.15, -0.1) is 0 Å². The summed E-state index contributed by atoms with van der Waals surface area (Å²) in [6, 6.07) is 10.6. The molecule has 1 aromatic carbocycles. The molecular weight excluding hydrogens is 312 g/mol. The van der Waals surface area contributed by atoms with Gasteiger partial charge in [0.1, 0.15) is 0 Å². The molecule has 1 aliphatic heterocycles. The highest BCUT2D eigenvalue weighted by Gasteiger charge is 2.39. The van der Waals surface area contributed by atoms with Gasteiger partial charge in [-0.05, 0) is 50.3 Å². The number of amides is 1. The van der Waals surface area contributed by atoms with E-state index in [0.29, 0.717) is 18.9 Å². The largest absolute Gasteiger partial charge is 0.378 e. The fraction of sp³-hybridized carbons (Fsp3) is 0.667. The van der Waals surface area contributed by atoms with Gasteiger partial charge < -0.3 is 15.0 Å². The van der Waals surface area contributed by atoms with Crippen molar-refractivity contribution in [1.82, 2.24) is 10.2 Å². The van der Waals surface area contributed by atoms with Crippen LogP contribution in [0.15, 0.2) is 30.3 Å². The average molecular weight is 347 g/mol. The van der Waals surface area contributed by atoms with E-state index in [2.05, 4.69) is 48.3 Å². The maximum absolute atomic E-state index is 12.6. The summed E-state index contributed by atoms with van der Waals surface area (Å²) in [6.07, 6.45) is 3.68. The minimum Gasteiger partial charge on any atom is -0.378 e. The number of carbonyl (C=O) groups is 1. The predicted octanol–water partition coefficient (Wildman–Crippen LogP) is 3.12. The van der Waals surface area contributed by atoms with Gasteiger partial charge in [-0.3, -0.25) is 4.79 Å². The summed E-state index contributed by atoms with van der Waals surface area (Å²) in [5.74, 6) is 0.648. The van der Waals surface area contributed by atoms with Crippen LogP contribution in [0.25, 0.3) is 0 Å². The number of likely N-dealkylation sites (N-methyl/N-ethyl adjacent to an activating group) is 1. The fourth-order valence-corrected chi connectivity index (χ4v) is 3.68. The van der Waals surface area contributed by atoms with E-state index in [1.165, 1.54) is 5.56 Å². The van der Waals surface area contributed by atoms with Gasteiger partial charge in [-0.1, -0.05) is 44.2 Å². The van der Waals surface area contributed by atoms with Gasteiger partial charge in [0.25, 0.3) is 0 Å². The van der Waals surface area contributed by atoms with Crippen molar-refractivity contribution in [2.24, 2.45) is 11.3 Å². The first-order valence-corrected chi connectivity index (χ1v) is 9.47. The second-order valence-electron chi connectivity index (χ2n) is 8.10. The molecule has 2 rings (SSSR count). The summed E-state index contributed by atoms with van der Waals surface area (Å²) in [7, 11) is 4.05. The Kier molecular flexibility index (Phi) is 7.45. The molecule has 1 saturated heterocycles. The highest BCUT2D eigenvalue weighted by atomic mass is 16.5. The van der Waals surface area contributed by atoms with E-state index in [0.717, 1.165) is 32.4 Å². The summed E-state index contributed by atoms with van der Waals surface area (Å²) in [5.41, 5.74) is 1.31. The molecule has 1 heterocycles. The molecule has 2 atom stereocenters. The molecule has 4 heteroatoms.